The van der Waals surface area contributed by atoms with Gasteiger partial charge in [0.15, 0.2) is 9.84 Å². The Morgan fingerprint density at radius 3 is 2.50 bits per heavy atom. The molecule has 0 heterocycles. The van der Waals surface area contributed by atoms with Gasteiger partial charge in [-0.05, 0) is 41.4 Å². The number of ketones is 1. The first-order valence-electron chi connectivity index (χ1n) is 4.90. The molecular weight excluding hydrogens is 292 g/mol. The second kappa shape index (κ2) is 5.59. The lowest BCUT2D eigenvalue weighted by molar-refractivity contribution is -0.117. The van der Waals surface area contributed by atoms with Crippen LogP contribution in [0.5, 0.6) is 0 Å². The highest BCUT2D eigenvalue weighted by atomic mass is 79.9. The van der Waals surface area contributed by atoms with E-state index in [4.69, 9.17) is 0 Å². The van der Waals surface area contributed by atoms with E-state index in [0.717, 1.165) is 0 Å². The molecule has 1 aromatic carbocycles. The molecule has 0 amide bonds. The lowest BCUT2D eigenvalue weighted by Gasteiger charge is -2.05. The molecule has 0 N–H and O–H groups in total. The van der Waals surface area contributed by atoms with Crippen molar-refractivity contribution in [3.63, 3.8) is 0 Å². The van der Waals surface area contributed by atoms with Gasteiger partial charge in [0.1, 0.15) is 5.78 Å². The Morgan fingerprint density at radius 1 is 1.31 bits per heavy atom. The highest BCUT2D eigenvalue weighted by molar-refractivity contribution is 9.10. The topological polar surface area (TPSA) is 51.2 Å². The highest BCUT2D eigenvalue weighted by Crippen LogP contribution is 2.22. The molecule has 0 saturated carbocycles. The minimum atomic E-state index is -3.29. The average Bonchev–Trinajstić information content (AvgIpc) is 2.17. The fourth-order valence-electron chi connectivity index (χ4n) is 1.32. The van der Waals surface area contributed by atoms with Gasteiger partial charge in [-0.15, -0.1) is 0 Å². The van der Waals surface area contributed by atoms with Gasteiger partial charge in [-0.1, -0.05) is 12.1 Å². The number of carbonyl (C=O) groups is 1. The van der Waals surface area contributed by atoms with Crippen LogP contribution in [0.3, 0.4) is 0 Å². The molecule has 0 radical (unpaired) electrons. The maximum absolute atomic E-state index is 11.9. The monoisotopic (exact) mass is 304 g/mol. The number of sulfone groups is 1. The van der Waals surface area contributed by atoms with E-state index < -0.39 is 9.84 Å². The molecule has 0 fully saturated rings. The fraction of sp³-hybridized carbons (Fsp3) is 0.364. The number of benzene rings is 1. The molecule has 5 heteroatoms. The molecule has 0 aliphatic carbocycles. The molecule has 0 aliphatic heterocycles. The van der Waals surface area contributed by atoms with Crippen molar-refractivity contribution in [2.45, 2.75) is 24.7 Å². The Kier molecular flexibility index (Phi) is 4.68. The van der Waals surface area contributed by atoms with Crippen molar-refractivity contribution in [1.82, 2.24) is 0 Å². The summed E-state index contributed by atoms with van der Waals surface area (Å²) < 4.78 is 24.4. The molecule has 3 nitrogen and oxygen atoms in total. The standard InChI is InChI=1S/C11H13BrO3S/c1-9(13)5-4-8-16(14,15)11-7-3-2-6-10(11)12/h2-3,6-7H,4-5,8H2,1H3. The first-order valence-corrected chi connectivity index (χ1v) is 7.35. The van der Waals surface area contributed by atoms with Crippen LogP contribution in [0, 0.1) is 0 Å². The quantitative estimate of drug-likeness (QED) is 0.840. The molecule has 16 heavy (non-hydrogen) atoms. The normalized spacial score (nSPS) is 11.4. The number of carbonyl (C=O) groups excluding carboxylic acids is 1. The van der Waals surface area contributed by atoms with Crippen LogP contribution in [0.1, 0.15) is 19.8 Å². The van der Waals surface area contributed by atoms with Crippen LogP contribution in [0.2, 0.25) is 0 Å². The molecule has 0 unspecified atom stereocenters. The first kappa shape index (κ1) is 13.4. The van der Waals surface area contributed by atoms with Gasteiger partial charge in [0.25, 0.3) is 0 Å². The van der Waals surface area contributed by atoms with E-state index in [1.54, 1.807) is 24.3 Å². The number of hydrogen-bond donors (Lipinski definition) is 0. The largest absolute Gasteiger partial charge is 0.300 e. The number of halogens is 1. The smallest absolute Gasteiger partial charge is 0.179 e. The van der Waals surface area contributed by atoms with Crippen molar-refractivity contribution in [1.29, 1.82) is 0 Å². The van der Waals surface area contributed by atoms with Gasteiger partial charge in [0.2, 0.25) is 0 Å². The van der Waals surface area contributed by atoms with Crippen LogP contribution in [0.4, 0.5) is 0 Å². The van der Waals surface area contributed by atoms with E-state index in [0.29, 0.717) is 22.2 Å². The second-order valence-electron chi connectivity index (χ2n) is 3.55. The summed E-state index contributed by atoms with van der Waals surface area (Å²) in [5.74, 6) is 0.0252. The minimum absolute atomic E-state index is 0.00912. The maximum Gasteiger partial charge on any atom is 0.179 e. The van der Waals surface area contributed by atoms with Gasteiger partial charge in [0.05, 0.1) is 10.6 Å². The highest BCUT2D eigenvalue weighted by Gasteiger charge is 2.16. The van der Waals surface area contributed by atoms with Gasteiger partial charge < -0.3 is 4.79 Å². The summed E-state index contributed by atoms with van der Waals surface area (Å²) in [6.45, 7) is 1.46. The third-order valence-corrected chi connectivity index (χ3v) is 4.92. The molecular formula is C11H13BrO3S. The van der Waals surface area contributed by atoms with E-state index in [2.05, 4.69) is 15.9 Å². The molecule has 88 valence electrons. The Labute approximate surface area is 104 Å². The van der Waals surface area contributed by atoms with Gasteiger partial charge in [-0.3, -0.25) is 0 Å². The predicted molar refractivity (Wildman–Crippen MR) is 66.1 cm³/mol. The van der Waals surface area contributed by atoms with Crippen LogP contribution in [-0.2, 0) is 14.6 Å². The number of hydrogen-bond acceptors (Lipinski definition) is 3. The van der Waals surface area contributed by atoms with Crippen molar-refractivity contribution >= 4 is 31.6 Å². The predicted octanol–water partition coefficient (Wildman–Crippen LogP) is 2.59. The zero-order valence-electron chi connectivity index (χ0n) is 8.94. The lowest BCUT2D eigenvalue weighted by atomic mass is 10.3. The fourth-order valence-corrected chi connectivity index (χ4v) is 3.74. The zero-order valence-corrected chi connectivity index (χ0v) is 11.3. The molecule has 1 rings (SSSR count). The van der Waals surface area contributed by atoms with Crippen LogP contribution in [0.15, 0.2) is 33.6 Å². The van der Waals surface area contributed by atoms with Crippen molar-refractivity contribution in [3.8, 4) is 0 Å². The third-order valence-electron chi connectivity index (χ3n) is 2.11. The van der Waals surface area contributed by atoms with Crippen molar-refractivity contribution < 1.29 is 13.2 Å². The summed E-state index contributed by atoms with van der Waals surface area (Å²) in [5, 5.41) is 0. The van der Waals surface area contributed by atoms with E-state index in [1.807, 2.05) is 0 Å². The van der Waals surface area contributed by atoms with Gasteiger partial charge in [0, 0.05) is 10.9 Å². The lowest BCUT2D eigenvalue weighted by Crippen LogP contribution is -2.08. The van der Waals surface area contributed by atoms with Gasteiger partial charge in [-0.25, -0.2) is 8.42 Å². The minimum Gasteiger partial charge on any atom is -0.300 e. The Balaban J connectivity index is 2.79. The first-order chi connectivity index (χ1) is 7.43. The molecule has 1 aromatic rings. The molecule has 0 bridgehead atoms. The van der Waals surface area contributed by atoms with Crippen molar-refractivity contribution in [2.75, 3.05) is 5.75 Å². The zero-order chi connectivity index (χ0) is 12.2. The van der Waals surface area contributed by atoms with Crippen LogP contribution in [-0.4, -0.2) is 20.0 Å². The third kappa shape index (κ3) is 3.72. The summed E-state index contributed by atoms with van der Waals surface area (Å²) >= 11 is 3.21. The summed E-state index contributed by atoms with van der Waals surface area (Å²) in [6.07, 6.45) is 0.683. The van der Waals surface area contributed by atoms with Crippen molar-refractivity contribution in [2.24, 2.45) is 0 Å². The molecule has 0 spiro atoms. The van der Waals surface area contributed by atoms with E-state index >= 15 is 0 Å². The van der Waals surface area contributed by atoms with E-state index in [1.165, 1.54) is 6.92 Å². The summed E-state index contributed by atoms with van der Waals surface area (Å²) in [7, 11) is -3.29. The second-order valence-corrected chi connectivity index (χ2v) is 6.49. The maximum atomic E-state index is 11.9. The Hall–Kier alpha value is -0.680. The van der Waals surface area contributed by atoms with Gasteiger partial charge in [-0.2, -0.15) is 0 Å². The molecule has 0 aliphatic rings. The van der Waals surface area contributed by atoms with Crippen molar-refractivity contribution in [3.05, 3.63) is 28.7 Å². The van der Waals surface area contributed by atoms with Crippen LogP contribution in [0.25, 0.3) is 0 Å². The summed E-state index contributed by atoms with van der Waals surface area (Å²) in [5.41, 5.74) is 0. The Morgan fingerprint density at radius 2 is 1.94 bits per heavy atom. The van der Waals surface area contributed by atoms with E-state index in [-0.39, 0.29) is 11.5 Å². The SMILES string of the molecule is CC(=O)CCCS(=O)(=O)c1ccccc1Br. The van der Waals surface area contributed by atoms with Crippen LogP contribution >= 0.6 is 15.9 Å². The number of Topliss-reactive ketones (excluding diaryl/α,β-unsaturated/α-hetero) is 1. The Bertz CT molecular complexity index is 480. The van der Waals surface area contributed by atoms with E-state index in [9.17, 15) is 13.2 Å². The molecule has 0 aromatic heterocycles. The molecule has 0 saturated heterocycles. The molecule has 0 atom stereocenters. The number of rotatable bonds is 5. The van der Waals surface area contributed by atoms with Gasteiger partial charge >= 0.3 is 0 Å². The average molecular weight is 305 g/mol. The van der Waals surface area contributed by atoms with Crippen LogP contribution < -0.4 is 0 Å². The summed E-state index contributed by atoms with van der Waals surface area (Å²) in [6, 6.07) is 6.70. The summed E-state index contributed by atoms with van der Waals surface area (Å²) in [4.78, 5) is 11.0.